The number of nitrogens with one attached hydrogen (secondary N) is 1. The van der Waals surface area contributed by atoms with E-state index >= 15 is 0 Å². The maximum atomic E-state index is 12.3. The first-order chi connectivity index (χ1) is 13.6. The molecule has 6 nitrogen and oxygen atoms in total. The van der Waals surface area contributed by atoms with Crippen molar-refractivity contribution in [1.82, 2.24) is 4.98 Å². The minimum absolute atomic E-state index is 0.165. The number of amides is 1. The van der Waals surface area contributed by atoms with Crippen LogP contribution in [0.1, 0.15) is 21.5 Å². The molecule has 0 saturated heterocycles. The molecule has 3 rings (SSSR count). The highest BCUT2D eigenvalue weighted by Gasteiger charge is 2.07. The largest absolute Gasteiger partial charge is 0.458 e. The Hall–Kier alpha value is -3.93. The first-order valence-electron chi connectivity index (χ1n) is 8.61. The molecular formula is C22H19N3O3. The lowest BCUT2D eigenvalue weighted by Gasteiger charge is -2.08. The van der Waals surface area contributed by atoms with E-state index in [-0.39, 0.29) is 12.5 Å². The smallest absolute Gasteiger partial charge is 0.331 e. The quantitative estimate of drug-likeness (QED) is 0.391. The predicted octanol–water partition coefficient (Wildman–Crippen LogP) is 3.67. The SMILES string of the molecule is Nc1ccccc1NC(=O)c1ccc(/C=C/C(=O)OCc2cccnc2)cc1. The zero-order valence-corrected chi connectivity index (χ0v) is 15.0. The van der Waals surface area contributed by atoms with Crippen LogP contribution in [0.3, 0.4) is 0 Å². The van der Waals surface area contributed by atoms with Gasteiger partial charge in [0.15, 0.2) is 0 Å². The molecule has 0 fully saturated rings. The Morgan fingerprint density at radius 2 is 1.82 bits per heavy atom. The van der Waals surface area contributed by atoms with Crippen molar-refractivity contribution in [3.8, 4) is 0 Å². The van der Waals surface area contributed by atoms with Crippen molar-refractivity contribution >= 4 is 29.3 Å². The van der Waals surface area contributed by atoms with E-state index in [1.54, 1.807) is 73.1 Å². The molecule has 0 radical (unpaired) electrons. The van der Waals surface area contributed by atoms with Gasteiger partial charge in [0.1, 0.15) is 6.61 Å². The van der Waals surface area contributed by atoms with Gasteiger partial charge in [-0.1, -0.05) is 30.3 Å². The maximum Gasteiger partial charge on any atom is 0.331 e. The predicted molar refractivity (Wildman–Crippen MR) is 108 cm³/mol. The first-order valence-corrected chi connectivity index (χ1v) is 8.61. The van der Waals surface area contributed by atoms with Crippen LogP contribution in [0.15, 0.2) is 79.1 Å². The third-order valence-electron chi connectivity index (χ3n) is 3.90. The van der Waals surface area contributed by atoms with Gasteiger partial charge in [-0.05, 0) is 42.0 Å². The second kappa shape index (κ2) is 9.14. The Balaban J connectivity index is 1.55. The fraction of sp³-hybridized carbons (Fsp3) is 0.0455. The summed E-state index contributed by atoms with van der Waals surface area (Å²) in [5.41, 5.74) is 8.97. The van der Waals surface area contributed by atoms with Gasteiger partial charge in [0.05, 0.1) is 11.4 Å². The van der Waals surface area contributed by atoms with Gasteiger partial charge in [0.2, 0.25) is 0 Å². The molecule has 28 heavy (non-hydrogen) atoms. The summed E-state index contributed by atoms with van der Waals surface area (Å²) < 4.78 is 5.15. The van der Waals surface area contributed by atoms with Crippen LogP contribution >= 0.6 is 0 Å². The fourth-order valence-corrected chi connectivity index (χ4v) is 2.40. The second-order valence-electron chi connectivity index (χ2n) is 5.97. The number of carbonyl (C=O) groups excluding carboxylic acids is 2. The van der Waals surface area contributed by atoms with Gasteiger partial charge in [-0.15, -0.1) is 0 Å². The van der Waals surface area contributed by atoms with Gasteiger partial charge in [-0.2, -0.15) is 0 Å². The zero-order chi connectivity index (χ0) is 19.8. The average molecular weight is 373 g/mol. The van der Waals surface area contributed by atoms with Gasteiger partial charge in [-0.3, -0.25) is 9.78 Å². The number of pyridine rings is 1. The lowest BCUT2D eigenvalue weighted by Crippen LogP contribution is -2.12. The second-order valence-corrected chi connectivity index (χ2v) is 5.97. The Kier molecular flexibility index (Phi) is 6.15. The van der Waals surface area contributed by atoms with Gasteiger partial charge in [-0.25, -0.2) is 4.79 Å². The van der Waals surface area contributed by atoms with Gasteiger partial charge >= 0.3 is 5.97 Å². The van der Waals surface area contributed by atoms with E-state index in [0.29, 0.717) is 16.9 Å². The first kappa shape index (κ1) is 18.8. The van der Waals surface area contributed by atoms with Crippen LogP contribution < -0.4 is 11.1 Å². The van der Waals surface area contributed by atoms with Crippen molar-refractivity contribution in [3.63, 3.8) is 0 Å². The number of anilines is 2. The highest BCUT2D eigenvalue weighted by Crippen LogP contribution is 2.18. The number of esters is 1. The van der Waals surface area contributed by atoms with Crippen LogP contribution in [0, 0.1) is 0 Å². The maximum absolute atomic E-state index is 12.3. The molecule has 0 spiro atoms. The highest BCUT2D eigenvalue weighted by atomic mass is 16.5. The van der Waals surface area contributed by atoms with Crippen LogP contribution in [0.5, 0.6) is 0 Å². The number of carbonyl (C=O) groups is 2. The average Bonchev–Trinajstić information content (AvgIpc) is 2.73. The molecule has 2 aromatic carbocycles. The normalized spacial score (nSPS) is 10.6. The number of nitrogen functional groups attached to an aromatic ring is 1. The molecule has 0 saturated carbocycles. The van der Waals surface area contributed by atoms with Crippen molar-refractivity contribution in [3.05, 3.63) is 95.8 Å². The van der Waals surface area contributed by atoms with Crippen LogP contribution in [0.2, 0.25) is 0 Å². The number of hydrogen-bond acceptors (Lipinski definition) is 5. The molecule has 6 heteroatoms. The molecule has 0 aliphatic carbocycles. The standard InChI is InChI=1S/C22H19N3O3/c23-19-5-1-2-6-20(19)25-22(27)18-10-7-16(8-11-18)9-12-21(26)28-15-17-4-3-13-24-14-17/h1-14H,15,23H2,(H,25,27)/b12-9+. The van der Waals surface area contributed by atoms with Crippen molar-refractivity contribution in [2.45, 2.75) is 6.61 Å². The number of rotatable bonds is 6. The topological polar surface area (TPSA) is 94.3 Å². The number of aromatic nitrogens is 1. The number of ether oxygens (including phenoxy) is 1. The monoisotopic (exact) mass is 373 g/mol. The summed E-state index contributed by atoms with van der Waals surface area (Å²) in [7, 11) is 0. The minimum atomic E-state index is -0.453. The Labute approximate surface area is 162 Å². The fourth-order valence-electron chi connectivity index (χ4n) is 2.40. The van der Waals surface area contributed by atoms with Gasteiger partial charge in [0, 0.05) is 29.6 Å². The van der Waals surface area contributed by atoms with E-state index in [2.05, 4.69) is 10.3 Å². The van der Waals surface area contributed by atoms with Crippen LogP contribution in [0.25, 0.3) is 6.08 Å². The van der Waals surface area contributed by atoms with Crippen LogP contribution in [-0.2, 0) is 16.1 Å². The van der Waals surface area contributed by atoms with E-state index in [1.165, 1.54) is 6.08 Å². The summed E-state index contributed by atoms with van der Waals surface area (Å²) in [6.07, 6.45) is 6.27. The molecule has 1 amide bonds. The summed E-state index contributed by atoms with van der Waals surface area (Å²) in [6, 6.07) is 17.5. The number of benzene rings is 2. The third-order valence-corrected chi connectivity index (χ3v) is 3.90. The van der Waals surface area contributed by atoms with Gasteiger partial charge in [0.25, 0.3) is 5.91 Å². The third kappa shape index (κ3) is 5.28. The Morgan fingerprint density at radius 1 is 1.04 bits per heavy atom. The highest BCUT2D eigenvalue weighted by molar-refractivity contribution is 6.05. The number of nitrogens with zero attached hydrogens (tertiary/aromatic N) is 1. The summed E-state index contributed by atoms with van der Waals surface area (Å²) in [5.74, 6) is -0.713. The number of hydrogen-bond donors (Lipinski definition) is 2. The molecule has 0 unspecified atom stereocenters. The Morgan fingerprint density at radius 3 is 2.54 bits per heavy atom. The van der Waals surface area contributed by atoms with Gasteiger partial charge < -0.3 is 15.8 Å². The molecule has 3 N–H and O–H groups in total. The molecule has 0 aliphatic heterocycles. The molecule has 0 atom stereocenters. The Bertz CT molecular complexity index is 983. The zero-order valence-electron chi connectivity index (χ0n) is 15.0. The molecule has 1 aromatic heterocycles. The molecule has 3 aromatic rings. The number of nitrogens with two attached hydrogens (primary N) is 1. The van der Waals surface area contributed by atoms with E-state index in [9.17, 15) is 9.59 Å². The summed E-state index contributed by atoms with van der Waals surface area (Å²) in [5, 5.41) is 2.77. The van der Waals surface area contributed by atoms with Crippen molar-refractivity contribution in [2.24, 2.45) is 0 Å². The van der Waals surface area contributed by atoms with Crippen molar-refractivity contribution in [2.75, 3.05) is 11.1 Å². The van der Waals surface area contributed by atoms with E-state index in [4.69, 9.17) is 10.5 Å². The minimum Gasteiger partial charge on any atom is -0.458 e. The summed E-state index contributed by atoms with van der Waals surface area (Å²) in [4.78, 5) is 28.1. The van der Waals surface area contributed by atoms with E-state index in [0.717, 1.165) is 11.1 Å². The molecule has 140 valence electrons. The number of para-hydroxylation sites is 2. The lowest BCUT2D eigenvalue weighted by molar-refractivity contribution is -0.138. The molecule has 0 bridgehead atoms. The van der Waals surface area contributed by atoms with Crippen molar-refractivity contribution < 1.29 is 14.3 Å². The summed E-state index contributed by atoms with van der Waals surface area (Å²) in [6.45, 7) is 0.165. The van der Waals surface area contributed by atoms with Crippen LogP contribution in [-0.4, -0.2) is 16.9 Å². The van der Waals surface area contributed by atoms with E-state index < -0.39 is 5.97 Å². The lowest BCUT2D eigenvalue weighted by atomic mass is 10.1. The molecular weight excluding hydrogens is 354 g/mol. The molecule has 0 aliphatic rings. The molecule has 1 heterocycles. The van der Waals surface area contributed by atoms with E-state index in [1.807, 2.05) is 6.07 Å². The summed E-state index contributed by atoms with van der Waals surface area (Å²) >= 11 is 0. The van der Waals surface area contributed by atoms with Crippen LogP contribution in [0.4, 0.5) is 11.4 Å². The van der Waals surface area contributed by atoms with Crippen molar-refractivity contribution in [1.29, 1.82) is 0 Å².